The van der Waals surface area contributed by atoms with Crippen LogP contribution in [0.1, 0.15) is 49.0 Å². The number of hydrogen-bond acceptors (Lipinski definition) is 6. The number of nitrogens with zero attached hydrogens (tertiary/aromatic N) is 1. The highest BCUT2D eigenvalue weighted by atomic mass is 35.5. The van der Waals surface area contributed by atoms with Crippen molar-refractivity contribution in [1.29, 1.82) is 0 Å². The zero-order valence-electron chi connectivity index (χ0n) is 17.6. The number of halogens is 3. The van der Waals surface area contributed by atoms with Crippen molar-refractivity contribution in [1.82, 2.24) is 15.0 Å². The lowest BCUT2D eigenvalue weighted by Crippen LogP contribution is -2.30. The highest BCUT2D eigenvalue weighted by molar-refractivity contribution is 7.11. The molecule has 0 bridgehead atoms. The first-order chi connectivity index (χ1) is 15.2. The molecule has 1 aromatic carbocycles. The van der Waals surface area contributed by atoms with Crippen LogP contribution >= 0.6 is 23.1 Å². The molecule has 8 nitrogen and oxygen atoms in total. The van der Waals surface area contributed by atoms with Gasteiger partial charge in [0.2, 0.25) is 5.88 Å². The summed E-state index contributed by atoms with van der Waals surface area (Å²) in [5.74, 6) is -3.34. The minimum atomic E-state index is -1.38. The molecule has 4 N–H and O–H groups in total. The number of hydrogen-bond donors (Lipinski definition) is 4. The molecule has 0 aliphatic heterocycles. The maximum absolute atomic E-state index is 13.9. The Hall–Kier alpha value is -2.50. The van der Waals surface area contributed by atoms with Gasteiger partial charge in [-0.1, -0.05) is 31.9 Å². The number of carbonyl (C=O) groups is 2. The predicted octanol–water partition coefficient (Wildman–Crippen LogP) is 4.64. The predicted molar refractivity (Wildman–Crippen MR) is 119 cm³/mol. The van der Waals surface area contributed by atoms with Crippen molar-refractivity contribution in [3.8, 4) is 5.88 Å². The van der Waals surface area contributed by atoms with Crippen molar-refractivity contribution in [2.45, 2.75) is 45.8 Å². The van der Waals surface area contributed by atoms with E-state index in [0.717, 1.165) is 37.9 Å². The minimum Gasteiger partial charge on any atom is -0.477 e. The van der Waals surface area contributed by atoms with Gasteiger partial charge in [0.05, 0.1) is 5.02 Å². The molecule has 1 aromatic heterocycles. The Bertz CT molecular complexity index is 943. The van der Waals surface area contributed by atoms with E-state index in [1.54, 1.807) is 0 Å². The molecule has 12 heteroatoms. The fourth-order valence-corrected chi connectivity index (χ4v) is 3.51. The van der Waals surface area contributed by atoms with Crippen LogP contribution < -0.4 is 20.7 Å². The number of carboxylic acid groups (broad SMARTS) is 1. The lowest BCUT2D eigenvalue weighted by atomic mass is 10.2. The van der Waals surface area contributed by atoms with E-state index in [-0.39, 0.29) is 27.0 Å². The van der Waals surface area contributed by atoms with Gasteiger partial charge in [0.25, 0.3) is 0 Å². The van der Waals surface area contributed by atoms with Crippen molar-refractivity contribution in [3.63, 3.8) is 0 Å². The van der Waals surface area contributed by atoms with E-state index < -0.39 is 30.2 Å². The molecule has 0 aliphatic carbocycles. The van der Waals surface area contributed by atoms with Crippen LogP contribution in [0.15, 0.2) is 12.1 Å². The van der Waals surface area contributed by atoms with Gasteiger partial charge in [-0.2, -0.15) is 4.37 Å². The highest BCUT2D eigenvalue weighted by Gasteiger charge is 2.24. The first-order valence-electron chi connectivity index (χ1n) is 9.96. The number of carbonyl (C=O) groups excluding carboxylic acids is 1. The van der Waals surface area contributed by atoms with Gasteiger partial charge in [0.15, 0.2) is 5.56 Å². The normalized spacial score (nSPS) is 10.9. The molecule has 2 amide bonds. The van der Waals surface area contributed by atoms with Crippen LogP contribution in [0.2, 0.25) is 5.02 Å². The van der Waals surface area contributed by atoms with Crippen LogP contribution in [0.5, 0.6) is 5.88 Å². The third-order valence-electron chi connectivity index (χ3n) is 4.25. The maximum Gasteiger partial charge on any atom is 0.344 e. The number of aromatic carboxylic acids is 1. The maximum atomic E-state index is 13.9. The number of ether oxygens (including phenoxy) is 1. The van der Waals surface area contributed by atoms with Gasteiger partial charge in [-0.15, -0.1) is 0 Å². The Morgan fingerprint density at radius 3 is 2.59 bits per heavy atom. The van der Waals surface area contributed by atoms with Crippen LogP contribution in [-0.2, 0) is 6.61 Å². The quantitative estimate of drug-likeness (QED) is 0.254. The van der Waals surface area contributed by atoms with E-state index in [2.05, 4.69) is 34.2 Å². The van der Waals surface area contributed by atoms with Crippen LogP contribution in [0.25, 0.3) is 0 Å². The summed E-state index contributed by atoms with van der Waals surface area (Å²) in [6.45, 7) is 5.01. The topological polar surface area (TPSA) is 113 Å². The van der Waals surface area contributed by atoms with Crippen LogP contribution in [0.4, 0.5) is 18.6 Å². The Kier molecular flexibility index (Phi) is 10.1. The third-order valence-corrected chi connectivity index (χ3v) is 5.28. The van der Waals surface area contributed by atoms with Crippen LogP contribution in [0.3, 0.4) is 0 Å². The fraction of sp³-hybridized carbons (Fsp3) is 0.450. The average Bonchev–Trinajstić information content (AvgIpc) is 3.11. The lowest BCUT2D eigenvalue weighted by Gasteiger charge is -2.09. The molecule has 0 saturated carbocycles. The Balaban J connectivity index is 1.89. The van der Waals surface area contributed by atoms with Gasteiger partial charge in [-0.05, 0) is 43.1 Å². The van der Waals surface area contributed by atoms with Crippen LogP contribution in [0, 0.1) is 11.6 Å². The molecule has 2 rings (SSSR count). The number of carboxylic acids is 1. The zero-order chi connectivity index (χ0) is 23.7. The van der Waals surface area contributed by atoms with E-state index >= 15 is 0 Å². The van der Waals surface area contributed by atoms with Gasteiger partial charge in [0.1, 0.15) is 23.2 Å². The first-order valence-corrected chi connectivity index (χ1v) is 11.1. The number of nitrogens with one attached hydrogen (secondary N) is 3. The number of urea groups is 1. The molecule has 32 heavy (non-hydrogen) atoms. The van der Waals surface area contributed by atoms with Gasteiger partial charge < -0.3 is 20.5 Å². The molecule has 0 aliphatic rings. The highest BCUT2D eigenvalue weighted by Crippen LogP contribution is 2.31. The monoisotopic (exact) mass is 490 g/mol. The molecule has 0 unspecified atom stereocenters. The first kappa shape index (κ1) is 25.8. The zero-order valence-corrected chi connectivity index (χ0v) is 19.2. The number of rotatable bonds is 12. The van der Waals surface area contributed by atoms with Crippen molar-refractivity contribution in [2.24, 2.45) is 0 Å². The molecule has 2 aromatic rings. The molecule has 1 heterocycles. The van der Waals surface area contributed by atoms with E-state index in [1.165, 1.54) is 0 Å². The van der Waals surface area contributed by atoms with Crippen molar-refractivity contribution >= 4 is 40.1 Å². The number of unbranched alkanes of at least 4 members (excludes halogenated alkanes) is 2. The molecule has 0 fully saturated rings. The van der Waals surface area contributed by atoms with Crippen molar-refractivity contribution in [2.75, 3.05) is 18.4 Å². The van der Waals surface area contributed by atoms with Crippen molar-refractivity contribution in [3.05, 3.63) is 39.9 Å². The summed E-state index contributed by atoms with van der Waals surface area (Å²) >= 11 is 6.21. The minimum absolute atomic E-state index is 0.0334. The summed E-state index contributed by atoms with van der Waals surface area (Å²) in [5, 5.41) is 17.5. The molecular weight excluding hydrogens is 466 g/mol. The smallest absolute Gasteiger partial charge is 0.344 e. The summed E-state index contributed by atoms with van der Waals surface area (Å²) in [7, 11) is 0. The SMILES string of the molecule is CC(C)NCCCCCNC(=O)Nc1snc(OCc2cc(F)c(Cl)cc2F)c1C(=O)O. The third kappa shape index (κ3) is 7.88. The number of anilines is 1. The van der Waals surface area contributed by atoms with Gasteiger partial charge in [-0.25, -0.2) is 18.4 Å². The summed E-state index contributed by atoms with van der Waals surface area (Å²) in [5.41, 5.74) is -0.535. The molecule has 0 saturated heterocycles. The van der Waals surface area contributed by atoms with Gasteiger partial charge in [0, 0.05) is 18.2 Å². The second kappa shape index (κ2) is 12.5. The van der Waals surface area contributed by atoms with E-state index in [4.69, 9.17) is 16.3 Å². The Labute approximate surface area is 193 Å². The summed E-state index contributed by atoms with van der Waals surface area (Å²) in [6, 6.07) is 1.51. The Morgan fingerprint density at radius 2 is 1.91 bits per heavy atom. The summed E-state index contributed by atoms with van der Waals surface area (Å²) < 4.78 is 36.6. The standard InChI is InChI=1S/C20H25ClF2N4O4S/c1-11(2)24-6-4-3-5-7-25-20(30)26-18-16(19(28)29)17(27-32-18)31-10-12-8-15(23)13(21)9-14(12)22/h8-9,11,24H,3-7,10H2,1-2H3,(H,28,29)(H2,25,26,30). The summed E-state index contributed by atoms with van der Waals surface area (Å²) in [4.78, 5) is 23.7. The number of aromatic nitrogens is 1. The van der Waals surface area contributed by atoms with Gasteiger partial charge in [-0.3, -0.25) is 5.32 Å². The second-order valence-corrected chi connectivity index (χ2v) is 8.37. The molecule has 0 spiro atoms. The average molecular weight is 491 g/mol. The summed E-state index contributed by atoms with van der Waals surface area (Å²) in [6.07, 6.45) is 2.69. The molecule has 176 valence electrons. The molecular formula is C20H25ClF2N4O4S. The van der Waals surface area contributed by atoms with E-state index in [1.807, 2.05) is 0 Å². The van der Waals surface area contributed by atoms with Crippen molar-refractivity contribution < 1.29 is 28.2 Å². The van der Waals surface area contributed by atoms with Gasteiger partial charge >= 0.3 is 12.0 Å². The largest absolute Gasteiger partial charge is 0.477 e. The van der Waals surface area contributed by atoms with E-state index in [0.29, 0.717) is 24.1 Å². The molecule has 0 atom stereocenters. The number of benzene rings is 1. The molecule has 0 radical (unpaired) electrons. The van der Waals surface area contributed by atoms with Crippen LogP contribution in [-0.4, -0.2) is 40.6 Å². The fourth-order valence-electron chi connectivity index (χ4n) is 2.64. The van der Waals surface area contributed by atoms with E-state index in [9.17, 15) is 23.5 Å². The second-order valence-electron chi connectivity index (χ2n) is 7.19. The Morgan fingerprint density at radius 1 is 1.19 bits per heavy atom. The lowest BCUT2D eigenvalue weighted by molar-refractivity contribution is 0.0693. The number of amides is 2.